The van der Waals surface area contributed by atoms with E-state index in [0.717, 1.165) is 0 Å². The van der Waals surface area contributed by atoms with E-state index in [4.69, 9.17) is 0 Å². The molecule has 0 aliphatic carbocycles. The number of hydrogen-bond acceptors (Lipinski definition) is 0. The molecule has 90 valence electrons. The Morgan fingerprint density at radius 3 is 1.94 bits per heavy atom. The summed E-state index contributed by atoms with van der Waals surface area (Å²) < 4.78 is 0. The maximum absolute atomic E-state index is 3.89. The summed E-state index contributed by atoms with van der Waals surface area (Å²) in [5.74, 6) is 0. The standard InChI is InChI=1S/C15H23Br/c1-7-15(5,6)14(16)13-11(3)8-10(2)9-12(13)4/h8-9,14H,7H2,1-6H3. The van der Waals surface area contributed by atoms with Crippen LogP contribution in [0.1, 0.15) is 54.3 Å². The zero-order chi connectivity index (χ0) is 12.5. The zero-order valence-corrected chi connectivity index (χ0v) is 12.9. The van der Waals surface area contributed by atoms with Gasteiger partial charge >= 0.3 is 0 Å². The second kappa shape index (κ2) is 4.91. The van der Waals surface area contributed by atoms with E-state index in [1.54, 1.807) is 0 Å². The minimum atomic E-state index is 0.296. The topological polar surface area (TPSA) is 0 Å². The van der Waals surface area contributed by atoms with Gasteiger partial charge in [-0.1, -0.05) is 54.4 Å². The molecule has 1 rings (SSSR count). The molecule has 0 saturated carbocycles. The number of rotatable bonds is 3. The van der Waals surface area contributed by atoms with Crippen LogP contribution in [-0.2, 0) is 0 Å². The lowest BCUT2D eigenvalue weighted by molar-refractivity contribution is 0.344. The van der Waals surface area contributed by atoms with Crippen molar-refractivity contribution in [2.24, 2.45) is 5.41 Å². The van der Waals surface area contributed by atoms with Gasteiger partial charge in [-0.2, -0.15) is 0 Å². The molecule has 1 aromatic rings. The van der Waals surface area contributed by atoms with Crippen LogP contribution in [0.15, 0.2) is 12.1 Å². The van der Waals surface area contributed by atoms with Gasteiger partial charge in [0.1, 0.15) is 0 Å². The normalized spacial score (nSPS) is 13.9. The van der Waals surface area contributed by atoms with Gasteiger partial charge in [-0.25, -0.2) is 0 Å². The number of alkyl halides is 1. The van der Waals surface area contributed by atoms with Gasteiger partial charge in [-0.3, -0.25) is 0 Å². The van der Waals surface area contributed by atoms with Gasteiger partial charge in [0.2, 0.25) is 0 Å². The second-order valence-electron chi connectivity index (χ2n) is 5.52. The second-order valence-corrected chi connectivity index (χ2v) is 6.43. The Kier molecular flexibility index (Phi) is 4.23. The Morgan fingerprint density at radius 1 is 1.12 bits per heavy atom. The maximum Gasteiger partial charge on any atom is 0.0451 e. The third kappa shape index (κ3) is 2.68. The van der Waals surface area contributed by atoms with Crippen LogP contribution in [0.5, 0.6) is 0 Å². The Bertz CT molecular complexity index is 354. The average Bonchev–Trinajstić information content (AvgIpc) is 2.15. The Labute approximate surface area is 109 Å². The van der Waals surface area contributed by atoms with E-state index in [2.05, 4.69) is 69.6 Å². The SMILES string of the molecule is CCC(C)(C)C(Br)c1c(C)cc(C)cc1C. The van der Waals surface area contributed by atoms with Crippen LogP contribution >= 0.6 is 15.9 Å². The number of aryl methyl sites for hydroxylation is 3. The highest BCUT2D eigenvalue weighted by molar-refractivity contribution is 9.09. The van der Waals surface area contributed by atoms with E-state index in [9.17, 15) is 0 Å². The van der Waals surface area contributed by atoms with Gasteiger partial charge in [0.25, 0.3) is 0 Å². The fourth-order valence-corrected chi connectivity index (χ4v) is 3.21. The Morgan fingerprint density at radius 2 is 1.56 bits per heavy atom. The summed E-state index contributed by atoms with van der Waals surface area (Å²) in [6, 6.07) is 4.56. The van der Waals surface area contributed by atoms with Crippen molar-refractivity contribution in [1.29, 1.82) is 0 Å². The van der Waals surface area contributed by atoms with E-state index in [1.165, 1.54) is 28.7 Å². The van der Waals surface area contributed by atoms with Crippen molar-refractivity contribution in [3.8, 4) is 0 Å². The molecule has 16 heavy (non-hydrogen) atoms. The van der Waals surface area contributed by atoms with Crippen LogP contribution in [0.4, 0.5) is 0 Å². The predicted molar refractivity (Wildman–Crippen MR) is 76.4 cm³/mol. The van der Waals surface area contributed by atoms with Gasteiger partial charge in [0.15, 0.2) is 0 Å². The third-order valence-electron chi connectivity index (χ3n) is 3.59. The van der Waals surface area contributed by atoms with Gasteiger partial charge in [-0.05, 0) is 49.3 Å². The van der Waals surface area contributed by atoms with E-state index in [-0.39, 0.29) is 0 Å². The van der Waals surface area contributed by atoms with Gasteiger partial charge in [0, 0.05) is 4.83 Å². The monoisotopic (exact) mass is 282 g/mol. The Hall–Kier alpha value is -0.300. The molecule has 0 aliphatic rings. The molecule has 1 atom stereocenters. The van der Waals surface area contributed by atoms with E-state index in [0.29, 0.717) is 10.2 Å². The molecule has 0 spiro atoms. The molecule has 0 N–H and O–H groups in total. The molecule has 0 bridgehead atoms. The minimum absolute atomic E-state index is 0.296. The van der Waals surface area contributed by atoms with Crippen LogP contribution in [0.3, 0.4) is 0 Å². The summed E-state index contributed by atoms with van der Waals surface area (Å²) in [5.41, 5.74) is 5.93. The van der Waals surface area contributed by atoms with Crippen molar-refractivity contribution in [3.63, 3.8) is 0 Å². The van der Waals surface area contributed by atoms with Crippen molar-refractivity contribution in [3.05, 3.63) is 34.4 Å². The van der Waals surface area contributed by atoms with Crippen LogP contribution in [-0.4, -0.2) is 0 Å². The highest BCUT2D eigenvalue weighted by atomic mass is 79.9. The molecular formula is C15H23Br. The quantitative estimate of drug-likeness (QED) is 0.644. The maximum atomic E-state index is 3.89. The highest BCUT2D eigenvalue weighted by Gasteiger charge is 2.28. The fourth-order valence-electron chi connectivity index (χ4n) is 2.16. The average molecular weight is 283 g/mol. The van der Waals surface area contributed by atoms with Crippen molar-refractivity contribution >= 4 is 15.9 Å². The summed E-state index contributed by atoms with van der Waals surface area (Å²) in [5, 5.41) is 0. The van der Waals surface area contributed by atoms with Gasteiger partial charge in [-0.15, -0.1) is 0 Å². The lowest BCUT2D eigenvalue weighted by Crippen LogP contribution is -2.18. The molecule has 0 saturated heterocycles. The number of halogens is 1. The number of hydrogen-bond donors (Lipinski definition) is 0. The first-order valence-corrected chi connectivity index (χ1v) is 6.93. The zero-order valence-electron chi connectivity index (χ0n) is 11.3. The molecule has 0 aliphatic heterocycles. The minimum Gasteiger partial charge on any atom is -0.0833 e. The van der Waals surface area contributed by atoms with E-state index >= 15 is 0 Å². The largest absolute Gasteiger partial charge is 0.0833 e. The molecule has 0 fully saturated rings. The Balaban J connectivity index is 3.24. The molecule has 1 unspecified atom stereocenters. The number of benzene rings is 1. The third-order valence-corrected chi connectivity index (χ3v) is 5.29. The molecule has 0 amide bonds. The smallest absolute Gasteiger partial charge is 0.0451 e. The van der Waals surface area contributed by atoms with E-state index < -0.39 is 0 Å². The van der Waals surface area contributed by atoms with Crippen molar-refractivity contribution in [1.82, 2.24) is 0 Å². The molecule has 1 aromatic carbocycles. The summed E-state index contributed by atoms with van der Waals surface area (Å²) in [6.45, 7) is 13.5. The lowest BCUT2D eigenvalue weighted by Gasteiger charge is -2.31. The molecule has 0 nitrogen and oxygen atoms in total. The summed E-state index contributed by atoms with van der Waals surface area (Å²) in [7, 11) is 0. The van der Waals surface area contributed by atoms with Crippen LogP contribution in [0.25, 0.3) is 0 Å². The van der Waals surface area contributed by atoms with E-state index in [1.807, 2.05) is 0 Å². The molecule has 0 aromatic heterocycles. The molecular weight excluding hydrogens is 260 g/mol. The first-order valence-electron chi connectivity index (χ1n) is 6.01. The van der Waals surface area contributed by atoms with Crippen molar-refractivity contribution in [2.45, 2.75) is 52.8 Å². The van der Waals surface area contributed by atoms with Gasteiger partial charge in [0.05, 0.1) is 0 Å². The summed E-state index contributed by atoms with van der Waals surface area (Å²) in [6.07, 6.45) is 1.18. The van der Waals surface area contributed by atoms with Crippen LogP contribution in [0.2, 0.25) is 0 Å². The van der Waals surface area contributed by atoms with Crippen molar-refractivity contribution in [2.75, 3.05) is 0 Å². The van der Waals surface area contributed by atoms with Crippen molar-refractivity contribution < 1.29 is 0 Å². The van der Waals surface area contributed by atoms with Crippen LogP contribution in [0, 0.1) is 26.2 Å². The predicted octanol–water partition coefficient (Wildman–Crippen LogP) is 5.48. The summed E-state index contributed by atoms with van der Waals surface area (Å²) in [4.78, 5) is 0.436. The molecule has 1 heteroatoms. The highest BCUT2D eigenvalue weighted by Crippen LogP contribution is 2.45. The first kappa shape index (κ1) is 13.8. The lowest BCUT2D eigenvalue weighted by atomic mass is 9.80. The summed E-state index contributed by atoms with van der Waals surface area (Å²) >= 11 is 3.89. The fraction of sp³-hybridized carbons (Fsp3) is 0.600. The molecule has 0 radical (unpaired) electrons. The molecule has 0 heterocycles. The van der Waals surface area contributed by atoms with Crippen LogP contribution < -0.4 is 0 Å². The van der Waals surface area contributed by atoms with Gasteiger partial charge < -0.3 is 0 Å². The first-order chi connectivity index (χ1) is 7.29.